The van der Waals surface area contributed by atoms with Crippen LogP contribution in [0.5, 0.6) is 0 Å². The summed E-state index contributed by atoms with van der Waals surface area (Å²) in [6, 6.07) is 1.87. The predicted molar refractivity (Wildman–Crippen MR) is 57.3 cm³/mol. The number of nitrogen functional groups attached to an aromatic ring is 1. The molecule has 1 aromatic heterocycles. The number of rotatable bonds is 4. The summed E-state index contributed by atoms with van der Waals surface area (Å²) in [5, 5.41) is 6.41. The van der Waals surface area contributed by atoms with Crippen molar-refractivity contribution in [3.05, 3.63) is 36.0 Å². The molecule has 0 bridgehead atoms. The van der Waals surface area contributed by atoms with Crippen LogP contribution in [0.1, 0.15) is 5.82 Å². The van der Waals surface area contributed by atoms with Crippen LogP contribution in [0, 0.1) is 11.6 Å². The molecule has 0 fully saturated rings. The van der Waals surface area contributed by atoms with Crippen LogP contribution in [0.25, 0.3) is 0 Å². The number of halogens is 2. The van der Waals surface area contributed by atoms with Gasteiger partial charge < -0.3 is 15.6 Å². The van der Waals surface area contributed by atoms with E-state index in [1.54, 1.807) is 0 Å². The fourth-order valence-corrected chi connectivity index (χ4v) is 1.34. The number of benzene rings is 1. The van der Waals surface area contributed by atoms with Crippen molar-refractivity contribution in [1.29, 1.82) is 0 Å². The molecule has 7 heteroatoms. The van der Waals surface area contributed by atoms with Gasteiger partial charge >= 0.3 is 0 Å². The molecule has 3 N–H and O–H groups in total. The maximum Gasteiger partial charge on any atom is 0.213 e. The molecule has 0 amide bonds. The zero-order chi connectivity index (χ0) is 12.3. The third kappa shape index (κ3) is 2.68. The number of hydrogen-bond acceptors (Lipinski definition) is 5. The Balaban J connectivity index is 1.99. The highest BCUT2D eigenvalue weighted by Gasteiger charge is 2.08. The van der Waals surface area contributed by atoms with Gasteiger partial charge in [0.05, 0.1) is 11.4 Å². The summed E-state index contributed by atoms with van der Waals surface area (Å²) < 4.78 is 30.6. The lowest BCUT2D eigenvalue weighted by molar-refractivity contribution is 0.410. The van der Waals surface area contributed by atoms with Gasteiger partial charge in [0.1, 0.15) is 5.82 Å². The minimum Gasteiger partial charge on any atom is -0.395 e. The molecule has 0 radical (unpaired) electrons. The van der Waals surface area contributed by atoms with Crippen molar-refractivity contribution < 1.29 is 13.3 Å². The maximum absolute atomic E-state index is 13.1. The van der Waals surface area contributed by atoms with E-state index in [0.717, 1.165) is 12.1 Å². The second-order valence-electron chi connectivity index (χ2n) is 3.37. The second kappa shape index (κ2) is 4.77. The molecule has 1 aromatic carbocycles. The van der Waals surface area contributed by atoms with Gasteiger partial charge in [-0.05, 0) is 6.07 Å². The van der Waals surface area contributed by atoms with E-state index < -0.39 is 11.6 Å². The Morgan fingerprint density at radius 1 is 1.35 bits per heavy atom. The summed E-state index contributed by atoms with van der Waals surface area (Å²) in [4.78, 5) is 3.81. The highest BCUT2D eigenvalue weighted by Crippen LogP contribution is 2.23. The molecule has 0 aliphatic heterocycles. The lowest BCUT2D eigenvalue weighted by Gasteiger charge is -2.08. The highest BCUT2D eigenvalue weighted by atomic mass is 19.1. The largest absolute Gasteiger partial charge is 0.395 e. The van der Waals surface area contributed by atoms with Gasteiger partial charge in [0.15, 0.2) is 11.6 Å². The molecule has 1 heterocycles. The van der Waals surface area contributed by atoms with E-state index in [4.69, 9.17) is 5.73 Å². The number of nitrogens with one attached hydrogen (secondary N) is 1. The number of nitrogens with two attached hydrogens (primary N) is 1. The van der Waals surface area contributed by atoms with E-state index in [9.17, 15) is 8.78 Å². The first-order valence-corrected chi connectivity index (χ1v) is 4.90. The van der Waals surface area contributed by atoms with Gasteiger partial charge in [0.2, 0.25) is 6.39 Å². The Kier molecular flexibility index (Phi) is 3.17. The molecule has 0 atom stereocenters. The van der Waals surface area contributed by atoms with E-state index in [1.807, 2.05) is 0 Å². The van der Waals surface area contributed by atoms with Gasteiger partial charge in [-0.25, -0.2) is 8.78 Å². The molecule has 5 nitrogen and oxygen atoms in total. The van der Waals surface area contributed by atoms with Gasteiger partial charge in [-0.3, -0.25) is 0 Å². The third-order valence-electron chi connectivity index (χ3n) is 2.17. The molecule has 0 spiro atoms. The SMILES string of the molecule is Nc1c(F)cc(F)cc1NCCc1ncon1. The first-order valence-electron chi connectivity index (χ1n) is 4.90. The monoisotopic (exact) mass is 240 g/mol. The van der Waals surface area contributed by atoms with Crippen LogP contribution < -0.4 is 11.1 Å². The Labute approximate surface area is 95.6 Å². The normalized spacial score (nSPS) is 10.5. The number of nitrogens with zero attached hydrogens (tertiary/aromatic N) is 2. The van der Waals surface area contributed by atoms with Crippen LogP contribution in [0.15, 0.2) is 23.0 Å². The number of anilines is 2. The topological polar surface area (TPSA) is 77.0 Å². The second-order valence-corrected chi connectivity index (χ2v) is 3.37. The molecule has 0 aliphatic rings. The number of aromatic nitrogens is 2. The zero-order valence-electron chi connectivity index (χ0n) is 8.78. The van der Waals surface area contributed by atoms with E-state index in [-0.39, 0.29) is 11.4 Å². The van der Waals surface area contributed by atoms with E-state index >= 15 is 0 Å². The van der Waals surface area contributed by atoms with Crippen LogP contribution in [-0.2, 0) is 6.42 Å². The molecule has 90 valence electrons. The van der Waals surface area contributed by atoms with Crippen molar-refractivity contribution in [2.75, 3.05) is 17.6 Å². The van der Waals surface area contributed by atoms with E-state index in [0.29, 0.717) is 18.8 Å². The summed E-state index contributed by atoms with van der Waals surface area (Å²) in [6.07, 6.45) is 1.68. The van der Waals surface area contributed by atoms with Crippen LogP contribution >= 0.6 is 0 Å². The quantitative estimate of drug-likeness (QED) is 0.793. The van der Waals surface area contributed by atoms with E-state index in [2.05, 4.69) is 20.0 Å². The standard InChI is InChI=1S/C10H10F2N4O/c11-6-3-7(12)10(13)8(4-6)14-2-1-9-15-5-17-16-9/h3-5,14H,1-2,13H2. The summed E-state index contributed by atoms with van der Waals surface area (Å²) in [5.74, 6) is -0.959. The van der Waals surface area contributed by atoms with Gasteiger partial charge in [0.25, 0.3) is 0 Å². The maximum atomic E-state index is 13.1. The summed E-state index contributed by atoms with van der Waals surface area (Å²) in [6.45, 7) is 0.395. The lowest BCUT2D eigenvalue weighted by Crippen LogP contribution is -2.09. The minimum atomic E-state index is -0.785. The predicted octanol–water partition coefficient (Wildman–Crippen LogP) is 1.58. The van der Waals surface area contributed by atoms with Crippen LogP contribution in [0.2, 0.25) is 0 Å². The molecule has 0 saturated carbocycles. The van der Waals surface area contributed by atoms with Crippen molar-refractivity contribution in [2.45, 2.75) is 6.42 Å². The van der Waals surface area contributed by atoms with Crippen molar-refractivity contribution in [3.63, 3.8) is 0 Å². The van der Waals surface area contributed by atoms with Crippen LogP contribution in [-0.4, -0.2) is 16.7 Å². The van der Waals surface area contributed by atoms with Crippen LogP contribution in [0.3, 0.4) is 0 Å². The van der Waals surface area contributed by atoms with Crippen molar-refractivity contribution in [2.24, 2.45) is 0 Å². The lowest BCUT2D eigenvalue weighted by atomic mass is 10.2. The van der Waals surface area contributed by atoms with Gasteiger partial charge in [0, 0.05) is 19.0 Å². The Hall–Kier alpha value is -2.18. The Bertz CT molecular complexity index is 501. The fraction of sp³-hybridized carbons (Fsp3) is 0.200. The molecule has 0 aliphatic carbocycles. The zero-order valence-corrected chi connectivity index (χ0v) is 8.78. The molecule has 0 unspecified atom stereocenters. The first-order chi connectivity index (χ1) is 8.16. The smallest absolute Gasteiger partial charge is 0.213 e. The summed E-state index contributed by atoms with van der Waals surface area (Å²) in [7, 11) is 0. The Morgan fingerprint density at radius 2 is 2.18 bits per heavy atom. The van der Waals surface area contributed by atoms with Gasteiger partial charge in [-0.2, -0.15) is 4.98 Å². The van der Waals surface area contributed by atoms with Crippen molar-refractivity contribution in [1.82, 2.24) is 10.1 Å². The average molecular weight is 240 g/mol. The Morgan fingerprint density at radius 3 is 2.88 bits per heavy atom. The molecular weight excluding hydrogens is 230 g/mol. The summed E-state index contributed by atoms with van der Waals surface area (Å²) in [5.41, 5.74) is 5.56. The molecule has 0 saturated heterocycles. The number of hydrogen-bond donors (Lipinski definition) is 2. The molecular formula is C10H10F2N4O. The first kappa shape index (κ1) is 11.3. The van der Waals surface area contributed by atoms with Gasteiger partial charge in [-0.1, -0.05) is 5.16 Å². The molecule has 2 aromatic rings. The third-order valence-corrected chi connectivity index (χ3v) is 2.17. The molecule has 2 rings (SSSR count). The molecule has 17 heavy (non-hydrogen) atoms. The van der Waals surface area contributed by atoms with Crippen molar-refractivity contribution >= 4 is 11.4 Å². The van der Waals surface area contributed by atoms with Crippen LogP contribution in [0.4, 0.5) is 20.2 Å². The van der Waals surface area contributed by atoms with E-state index in [1.165, 1.54) is 6.39 Å². The fourth-order valence-electron chi connectivity index (χ4n) is 1.34. The van der Waals surface area contributed by atoms with Crippen molar-refractivity contribution in [3.8, 4) is 0 Å². The van der Waals surface area contributed by atoms with Gasteiger partial charge in [-0.15, -0.1) is 0 Å². The highest BCUT2D eigenvalue weighted by molar-refractivity contribution is 5.66. The summed E-state index contributed by atoms with van der Waals surface area (Å²) >= 11 is 0. The minimum absolute atomic E-state index is 0.112. The average Bonchev–Trinajstić information content (AvgIpc) is 2.78.